The predicted octanol–water partition coefficient (Wildman–Crippen LogP) is 3.13. The molecule has 4 nitrogen and oxygen atoms in total. The van der Waals surface area contributed by atoms with Crippen LogP contribution in [0.25, 0.3) is 10.6 Å². The number of carbonyl (C=O) groups is 1. The average Bonchev–Trinajstić information content (AvgIpc) is 2.94. The molecule has 0 saturated carbocycles. The summed E-state index contributed by atoms with van der Waals surface area (Å²) >= 11 is 1.26. The molecular formula is C14H18Cl2FN3OS. The van der Waals surface area contributed by atoms with Gasteiger partial charge in [-0.1, -0.05) is 12.1 Å². The highest BCUT2D eigenvalue weighted by Crippen LogP contribution is 2.25. The monoisotopic (exact) mass is 365 g/mol. The molecule has 0 aliphatic rings. The second-order valence-corrected chi connectivity index (χ2v) is 5.28. The van der Waals surface area contributed by atoms with Crippen LogP contribution in [0.5, 0.6) is 0 Å². The molecule has 1 amide bonds. The second-order valence-electron chi connectivity index (χ2n) is 4.42. The van der Waals surface area contributed by atoms with Gasteiger partial charge < -0.3 is 10.6 Å². The fourth-order valence-electron chi connectivity index (χ4n) is 1.57. The minimum Gasteiger partial charge on any atom is -0.349 e. The Morgan fingerprint density at radius 2 is 2.05 bits per heavy atom. The van der Waals surface area contributed by atoms with E-state index < -0.39 is 0 Å². The summed E-state index contributed by atoms with van der Waals surface area (Å²) in [5, 5.41) is 7.96. The van der Waals surface area contributed by atoms with Crippen molar-refractivity contribution in [3.05, 3.63) is 41.2 Å². The summed E-state index contributed by atoms with van der Waals surface area (Å²) in [5.74, 6) is -0.580. The molecule has 2 aromatic rings. The topological polar surface area (TPSA) is 54.0 Å². The van der Waals surface area contributed by atoms with Gasteiger partial charge in [-0.3, -0.25) is 4.79 Å². The van der Waals surface area contributed by atoms with E-state index in [4.69, 9.17) is 0 Å². The Balaban J connectivity index is 0.00000220. The van der Waals surface area contributed by atoms with Crippen LogP contribution in [-0.4, -0.2) is 30.5 Å². The zero-order chi connectivity index (χ0) is 14.5. The largest absolute Gasteiger partial charge is 0.349 e. The molecule has 0 spiro atoms. The second kappa shape index (κ2) is 9.74. The van der Waals surface area contributed by atoms with Crippen molar-refractivity contribution >= 4 is 42.1 Å². The summed E-state index contributed by atoms with van der Waals surface area (Å²) in [6.07, 6.45) is 0. The van der Waals surface area contributed by atoms with Gasteiger partial charge in [0.2, 0.25) is 0 Å². The quantitative estimate of drug-likeness (QED) is 0.855. The van der Waals surface area contributed by atoms with E-state index in [1.165, 1.54) is 17.4 Å². The van der Waals surface area contributed by atoms with Crippen LogP contribution in [0.15, 0.2) is 29.6 Å². The number of nitrogens with zero attached hydrogens (tertiary/aromatic N) is 1. The van der Waals surface area contributed by atoms with E-state index in [9.17, 15) is 9.18 Å². The molecule has 0 aliphatic carbocycles. The molecule has 1 unspecified atom stereocenters. The molecule has 2 N–H and O–H groups in total. The average molecular weight is 366 g/mol. The minimum atomic E-state index is -0.336. The number of carbonyl (C=O) groups excluding carboxylic acids is 1. The zero-order valence-corrected chi connectivity index (χ0v) is 14.6. The van der Waals surface area contributed by atoms with Crippen LogP contribution in [0, 0.1) is 5.82 Å². The molecule has 1 atom stereocenters. The lowest BCUT2D eigenvalue weighted by atomic mass is 10.2. The number of nitrogens with one attached hydrogen (secondary N) is 2. The van der Waals surface area contributed by atoms with E-state index in [2.05, 4.69) is 15.6 Å². The number of thiazole rings is 1. The molecule has 0 saturated heterocycles. The molecule has 0 aliphatic heterocycles. The smallest absolute Gasteiger partial charge is 0.270 e. The Kier molecular flexibility index (Phi) is 9.20. The van der Waals surface area contributed by atoms with Crippen LogP contribution in [0.3, 0.4) is 0 Å². The first kappa shape index (κ1) is 20.8. The van der Waals surface area contributed by atoms with Gasteiger partial charge in [0.1, 0.15) is 16.5 Å². The van der Waals surface area contributed by atoms with Gasteiger partial charge in [-0.25, -0.2) is 9.37 Å². The molecule has 0 bridgehead atoms. The maximum Gasteiger partial charge on any atom is 0.270 e. The molecule has 8 heteroatoms. The first-order valence-electron chi connectivity index (χ1n) is 6.27. The van der Waals surface area contributed by atoms with Gasteiger partial charge in [0, 0.05) is 23.5 Å². The van der Waals surface area contributed by atoms with E-state index in [0.29, 0.717) is 22.8 Å². The third kappa shape index (κ3) is 5.21. The molecule has 1 heterocycles. The Labute approximate surface area is 145 Å². The molecule has 1 aromatic carbocycles. The first-order valence-corrected chi connectivity index (χ1v) is 7.15. The van der Waals surface area contributed by atoms with Gasteiger partial charge in [-0.15, -0.1) is 36.2 Å². The van der Waals surface area contributed by atoms with Crippen LogP contribution in [0.2, 0.25) is 0 Å². The van der Waals surface area contributed by atoms with Gasteiger partial charge in [-0.05, 0) is 26.1 Å². The van der Waals surface area contributed by atoms with Crippen molar-refractivity contribution in [2.45, 2.75) is 13.0 Å². The highest BCUT2D eigenvalue weighted by Gasteiger charge is 2.14. The van der Waals surface area contributed by atoms with Gasteiger partial charge in [-0.2, -0.15) is 0 Å². The van der Waals surface area contributed by atoms with E-state index in [-0.39, 0.29) is 42.6 Å². The van der Waals surface area contributed by atoms with Gasteiger partial charge in [0.05, 0.1) is 0 Å². The third-order valence-corrected chi connectivity index (χ3v) is 3.78. The lowest BCUT2D eigenvalue weighted by Gasteiger charge is -2.10. The fourth-order valence-corrected chi connectivity index (χ4v) is 2.40. The summed E-state index contributed by atoms with van der Waals surface area (Å²) in [7, 11) is 1.83. The number of hydrogen-bond donors (Lipinski definition) is 2. The van der Waals surface area contributed by atoms with Crippen molar-refractivity contribution in [1.82, 2.24) is 15.6 Å². The lowest BCUT2D eigenvalue weighted by molar-refractivity contribution is 0.0946. The number of halogens is 3. The highest BCUT2D eigenvalue weighted by atomic mass is 35.5. The molecule has 0 radical (unpaired) electrons. The lowest BCUT2D eigenvalue weighted by Crippen LogP contribution is -2.37. The number of likely N-dealkylation sites (N-methyl/N-ethyl adjacent to an activating group) is 1. The number of benzene rings is 1. The van der Waals surface area contributed by atoms with Crippen molar-refractivity contribution < 1.29 is 9.18 Å². The maximum absolute atomic E-state index is 13.6. The summed E-state index contributed by atoms with van der Waals surface area (Å²) in [5.41, 5.74) is 0.733. The first-order chi connectivity index (χ1) is 9.61. The number of aromatic nitrogens is 1. The minimum absolute atomic E-state index is 0. The highest BCUT2D eigenvalue weighted by molar-refractivity contribution is 7.13. The van der Waals surface area contributed by atoms with Crippen molar-refractivity contribution in [2.75, 3.05) is 13.6 Å². The Morgan fingerprint density at radius 3 is 2.68 bits per heavy atom. The summed E-state index contributed by atoms with van der Waals surface area (Å²) in [4.78, 5) is 16.1. The molecular weight excluding hydrogens is 348 g/mol. The standard InChI is InChI=1S/C14H16FN3OS.2ClH/c1-9(16-2)7-17-13(19)12-8-20-14(18-12)10-5-3-4-6-11(10)15;;/h3-6,8-9,16H,7H2,1-2H3,(H,17,19);2*1H. The zero-order valence-electron chi connectivity index (χ0n) is 12.1. The molecule has 22 heavy (non-hydrogen) atoms. The van der Waals surface area contributed by atoms with Crippen LogP contribution >= 0.6 is 36.2 Å². The van der Waals surface area contributed by atoms with Gasteiger partial charge in [0.25, 0.3) is 5.91 Å². The van der Waals surface area contributed by atoms with E-state index in [1.807, 2.05) is 14.0 Å². The SMILES string of the molecule is CNC(C)CNC(=O)c1csc(-c2ccccc2F)n1.Cl.Cl. The molecule has 122 valence electrons. The van der Waals surface area contributed by atoms with Crippen LogP contribution in [0.1, 0.15) is 17.4 Å². The van der Waals surface area contributed by atoms with Crippen molar-refractivity contribution in [2.24, 2.45) is 0 Å². The Bertz CT molecular complexity index is 609. The van der Waals surface area contributed by atoms with Crippen LogP contribution < -0.4 is 10.6 Å². The summed E-state index contributed by atoms with van der Waals surface area (Å²) in [6, 6.07) is 6.58. The van der Waals surface area contributed by atoms with Crippen LogP contribution in [0.4, 0.5) is 4.39 Å². The van der Waals surface area contributed by atoms with Crippen LogP contribution in [-0.2, 0) is 0 Å². The van der Waals surface area contributed by atoms with E-state index >= 15 is 0 Å². The summed E-state index contributed by atoms with van der Waals surface area (Å²) < 4.78 is 13.6. The molecule has 1 aromatic heterocycles. The van der Waals surface area contributed by atoms with Gasteiger partial charge in [0.15, 0.2) is 0 Å². The molecule has 2 rings (SSSR count). The Hall–Kier alpha value is -1.21. The summed E-state index contributed by atoms with van der Waals surface area (Å²) in [6.45, 7) is 2.48. The van der Waals surface area contributed by atoms with E-state index in [0.717, 1.165) is 0 Å². The van der Waals surface area contributed by atoms with E-state index in [1.54, 1.807) is 23.6 Å². The predicted molar refractivity (Wildman–Crippen MR) is 92.9 cm³/mol. The third-order valence-electron chi connectivity index (χ3n) is 2.90. The maximum atomic E-state index is 13.6. The number of amides is 1. The number of hydrogen-bond acceptors (Lipinski definition) is 4. The van der Waals surface area contributed by atoms with Crippen molar-refractivity contribution in [3.8, 4) is 10.6 Å². The van der Waals surface area contributed by atoms with Gasteiger partial charge >= 0.3 is 0 Å². The molecule has 0 fully saturated rings. The van der Waals surface area contributed by atoms with Crippen molar-refractivity contribution in [1.29, 1.82) is 0 Å². The normalized spacial score (nSPS) is 11.0. The van der Waals surface area contributed by atoms with Crippen molar-refractivity contribution in [3.63, 3.8) is 0 Å². The number of rotatable bonds is 5. The Morgan fingerprint density at radius 1 is 1.36 bits per heavy atom. The fraction of sp³-hybridized carbons (Fsp3) is 0.286.